The van der Waals surface area contributed by atoms with Crippen LogP contribution >= 0.6 is 0 Å². The molecule has 0 saturated carbocycles. The molecule has 6 nitrogen and oxygen atoms in total. The van der Waals surface area contributed by atoms with Crippen LogP contribution in [0, 0.1) is 11.8 Å². The predicted octanol–water partition coefficient (Wildman–Crippen LogP) is 3.49. The van der Waals surface area contributed by atoms with Gasteiger partial charge in [0.25, 0.3) is 0 Å². The van der Waals surface area contributed by atoms with E-state index in [1.807, 2.05) is 12.1 Å². The van der Waals surface area contributed by atoms with Gasteiger partial charge in [0.05, 0.1) is 25.8 Å². The van der Waals surface area contributed by atoms with Crippen LogP contribution in [0.4, 0.5) is 5.69 Å². The molecule has 0 unspecified atom stereocenters. The van der Waals surface area contributed by atoms with Crippen LogP contribution in [0.25, 0.3) is 11.1 Å². The number of likely N-dealkylation sites (tertiary alicyclic amines) is 1. The molecule has 3 atom stereocenters. The van der Waals surface area contributed by atoms with Crippen LogP contribution in [0.5, 0.6) is 5.75 Å². The number of hydrogen-bond acceptors (Lipinski definition) is 5. The maximum absolute atomic E-state index is 13.5. The zero-order valence-electron chi connectivity index (χ0n) is 18.9. The van der Waals surface area contributed by atoms with Crippen molar-refractivity contribution < 1.29 is 19.4 Å². The molecule has 1 N–H and O–H groups in total. The minimum Gasteiger partial charge on any atom is -0.497 e. The fourth-order valence-electron chi connectivity index (χ4n) is 5.84. The first kappa shape index (κ1) is 21.3. The maximum atomic E-state index is 13.5. The third-order valence-corrected chi connectivity index (χ3v) is 7.63. The van der Waals surface area contributed by atoms with Gasteiger partial charge in [0.1, 0.15) is 5.75 Å². The molecular weight excluding hydrogens is 404 g/mol. The number of amides is 1. The number of benzene rings is 2. The van der Waals surface area contributed by atoms with E-state index in [0.29, 0.717) is 13.2 Å². The van der Waals surface area contributed by atoms with Crippen LogP contribution < -0.4 is 9.64 Å². The minimum absolute atomic E-state index is 0.00638. The second-order valence-electron chi connectivity index (χ2n) is 9.18. The standard InChI is InChI=1S/C26H32N2O4/c1-27-23-8-5-19(17-3-6-20(31-2)7-4-17)15-22(23)25-21(24(27)16-29)9-12-28(25)26(30)18-10-13-32-14-11-18/h3-8,15,18,21,24-25,29H,9-14,16H2,1-2H3/t21-,24-,25-/m0/s1. The van der Waals surface area contributed by atoms with Crippen molar-refractivity contribution in [3.05, 3.63) is 48.0 Å². The number of aliphatic hydroxyl groups excluding tert-OH is 1. The number of carbonyl (C=O) groups excluding carboxylic acids is 1. The summed E-state index contributed by atoms with van der Waals surface area (Å²) >= 11 is 0. The van der Waals surface area contributed by atoms with Gasteiger partial charge < -0.3 is 24.4 Å². The number of hydrogen-bond donors (Lipinski definition) is 1. The molecule has 0 bridgehead atoms. The Morgan fingerprint density at radius 1 is 1.09 bits per heavy atom. The van der Waals surface area contributed by atoms with E-state index in [1.165, 1.54) is 5.56 Å². The summed E-state index contributed by atoms with van der Waals surface area (Å²) < 4.78 is 10.8. The Hall–Kier alpha value is -2.57. The number of rotatable bonds is 4. The van der Waals surface area contributed by atoms with Gasteiger partial charge in [-0.05, 0) is 60.2 Å². The fourth-order valence-corrected chi connectivity index (χ4v) is 5.84. The Bertz CT molecular complexity index is 970. The molecule has 3 heterocycles. The van der Waals surface area contributed by atoms with E-state index in [2.05, 4.69) is 47.2 Å². The lowest BCUT2D eigenvalue weighted by atomic mass is 9.80. The summed E-state index contributed by atoms with van der Waals surface area (Å²) in [5, 5.41) is 10.2. The van der Waals surface area contributed by atoms with Gasteiger partial charge in [0.2, 0.25) is 5.91 Å². The first-order valence-electron chi connectivity index (χ1n) is 11.6. The van der Waals surface area contributed by atoms with Gasteiger partial charge >= 0.3 is 0 Å². The molecule has 3 aliphatic heterocycles. The molecule has 2 aromatic carbocycles. The van der Waals surface area contributed by atoms with Crippen molar-refractivity contribution in [1.82, 2.24) is 4.90 Å². The molecule has 0 aliphatic carbocycles. The average molecular weight is 437 g/mol. The SMILES string of the molecule is COc1ccc(-c2ccc3c(c2)[C@@H]2[C@@H](CCN2C(=O)C2CCOCC2)[C@H](CO)N3C)cc1. The number of fused-ring (bicyclic) bond motifs is 3. The highest BCUT2D eigenvalue weighted by atomic mass is 16.5. The van der Waals surface area contributed by atoms with Crippen LogP contribution in [-0.4, -0.2) is 62.5 Å². The summed E-state index contributed by atoms with van der Waals surface area (Å²) in [5.41, 5.74) is 4.55. The lowest BCUT2D eigenvalue weighted by Crippen LogP contribution is -2.49. The van der Waals surface area contributed by atoms with E-state index >= 15 is 0 Å². The maximum Gasteiger partial charge on any atom is 0.226 e. The number of carbonyl (C=O) groups is 1. The van der Waals surface area contributed by atoms with Crippen LogP contribution in [0.15, 0.2) is 42.5 Å². The number of aliphatic hydroxyl groups is 1. The summed E-state index contributed by atoms with van der Waals surface area (Å²) in [4.78, 5) is 17.9. The number of nitrogens with zero attached hydrogens (tertiary/aromatic N) is 2. The quantitative estimate of drug-likeness (QED) is 0.795. The second kappa shape index (κ2) is 8.75. The molecule has 6 heteroatoms. The first-order chi connectivity index (χ1) is 15.6. The first-order valence-corrected chi connectivity index (χ1v) is 11.6. The minimum atomic E-state index is 0.00638. The number of ether oxygens (including phenoxy) is 2. The van der Waals surface area contributed by atoms with Crippen LogP contribution in [0.2, 0.25) is 0 Å². The summed E-state index contributed by atoms with van der Waals surface area (Å²) in [6, 6.07) is 14.6. The Labute approximate surface area is 189 Å². The van der Waals surface area contributed by atoms with Gasteiger partial charge in [-0.3, -0.25) is 4.79 Å². The molecule has 0 radical (unpaired) electrons. The van der Waals surface area contributed by atoms with Gasteiger partial charge in [0, 0.05) is 44.3 Å². The van der Waals surface area contributed by atoms with Crippen molar-refractivity contribution in [3.63, 3.8) is 0 Å². The summed E-state index contributed by atoms with van der Waals surface area (Å²) in [7, 11) is 3.73. The van der Waals surface area contributed by atoms with Gasteiger partial charge in [-0.1, -0.05) is 18.2 Å². The van der Waals surface area contributed by atoms with E-state index in [4.69, 9.17) is 9.47 Å². The van der Waals surface area contributed by atoms with E-state index in [1.54, 1.807) is 7.11 Å². The van der Waals surface area contributed by atoms with Crippen molar-refractivity contribution in [2.45, 2.75) is 31.3 Å². The van der Waals surface area contributed by atoms with Crippen molar-refractivity contribution >= 4 is 11.6 Å². The number of anilines is 1. The second-order valence-corrected chi connectivity index (χ2v) is 9.18. The molecule has 0 aromatic heterocycles. The highest BCUT2D eigenvalue weighted by Crippen LogP contribution is 2.50. The zero-order chi connectivity index (χ0) is 22.2. The molecule has 32 heavy (non-hydrogen) atoms. The molecule has 2 aromatic rings. The normalized spacial score (nSPS) is 25.4. The fraction of sp³-hybridized carbons (Fsp3) is 0.500. The van der Waals surface area contributed by atoms with Gasteiger partial charge in [-0.25, -0.2) is 0 Å². The smallest absolute Gasteiger partial charge is 0.226 e. The molecule has 2 fully saturated rings. The molecule has 5 rings (SSSR count). The van der Waals surface area contributed by atoms with Crippen LogP contribution in [0.1, 0.15) is 30.9 Å². The van der Waals surface area contributed by atoms with E-state index in [-0.39, 0.29) is 36.4 Å². The van der Waals surface area contributed by atoms with Gasteiger partial charge in [-0.15, -0.1) is 0 Å². The van der Waals surface area contributed by atoms with Gasteiger partial charge in [-0.2, -0.15) is 0 Å². The molecule has 2 saturated heterocycles. The van der Waals surface area contributed by atoms with Crippen LogP contribution in [0.3, 0.4) is 0 Å². The summed E-state index contributed by atoms with van der Waals surface area (Å²) in [6.07, 6.45) is 2.52. The lowest BCUT2D eigenvalue weighted by molar-refractivity contribution is -0.140. The highest BCUT2D eigenvalue weighted by molar-refractivity contribution is 5.81. The van der Waals surface area contributed by atoms with Crippen molar-refractivity contribution in [1.29, 1.82) is 0 Å². The van der Waals surface area contributed by atoms with Crippen molar-refractivity contribution in [2.24, 2.45) is 11.8 Å². The van der Waals surface area contributed by atoms with E-state index < -0.39 is 0 Å². The zero-order valence-corrected chi connectivity index (χ0v) is 18.9. The monoisotopic (exact) mass is 436 g/mol. The van der Waals surface area contributed by atoms with E-state index in [0.717, 1.165) is 48.4 Å². The van der Waals surface area contributed by atoms with Crippen molar-refractivity contribution in [2.75, 3.05) is 45.4 Å². The van der Waals surface area contributed by atoms with Crippen LogP contribution in [-0.2, 0) is 9.53 Å². The highest BCUT2D eigenvalue weighted by Gasteiger charge is 2.48. The van der Waals surface area contributed by atoms with E-state index in [9.17, 15) is 9.90 Å². The molecule has 0 spiro atoms. The Kier molecular flexibility index (Phi) is 5.82. The largest absolute Gasteiger partial charge is 0.497 e. The average Bonchev–Trinajstić information content (AvgIpc) is 3.29. The Morgan fingerprint density at radius 3 is 2.50 bits per heavy atom. The van der Waals surface area contributed by atoms with Crippen molar-refractivity contribution in [3.8, 4) is 16.9 Å². The number of methoxy groups -OCH3 is 1. The molecular formula is C26H32N2O4. The molecule has 1 amide bonds. The topological polar surface area (TPSA) is 62.2 Å². The Morgan fingerprint density at radius 2 is 1.81 bits per heavy atom. The van der Waals surface area contributed by atoms with Gasteiger partial charge in [0.15, 0.2) is 0 Å². The molecule has 3 aliphatic rings. The lowest BCUT2D eigenvalue weighted by Gasteiger charge is -2.45. The summed E-state index contributed by atoms with van der Waals surface area (Å²) in [5.74, 6) is 1.36. The Balaban J connectivity index is 1.54. The third kappa shape index (κ3) is 3.55. The third-order valence-electron chi connectivity index (χ3n) is 7.63. The number of likely N-dealkylation sites (N-methyl/N-ethyl adjacent to an activating group) is 1. The molecule has 170 valence electrons. The predicted molar refractivity (Wildman–Crippen MR) is 124 cm³/mol. The summed E-state index contributed by atoms with van der Waals surface area (Å²) in [6.45, 7) is 2.18.